The minimum atomic E-state index is -1.57. The van der Waals surface area contributed by atoms with Crippen LogP contribution in [0.1, 0.15) is 40.9 Å². The maximum absolute atomic E-state index is 12.4. The van der Waals surface area contributed by atoms with Crippen molar-refractivity contribution < 1.29 is 24.6 Å². The number of ether oxygens (including phenoxy) is 1. The van der Waals surface area contributed by atoms with E-state index in [0.717, 1.165) is 44.0 Å². The van der Waals surface area contributed by atoms with Crippen LogP contribution in [0.15, 0.2) is 54.6 Å². The summed E-state index contributed by atoms with van der Waals surface area (Å²) in [5, 5.41) is 21.4. The van der Waals surface area contributed by atoms with E-state index < -0.39 is 23.5 Å². The van der Waals surface area contributed by atoms with Crippen LogP contribution in [-0.4, -0.2) is 65.0 Å². The fourth-order valence-electron chi connectivity index (χ4n) is 3.56. The van der Waals surface area contributed by atoms with Crippen LogP contribution in [0.3, 0.4) is 0 Å². The van der Waals surface area contributed by atoms with Crippen LogP contribution in [0, 0.1) is 11.8 Å². The van der Waals surface area contributed by atoms with Crippen molar-refractivity contribution in [2.75, 3.05) is 26.3 Å². The minimum Gasteiger partial charge on any atom is -0.388 e. The molecule has 1 heterocycles. The van der Waals surface area contributed by atoms with E-state index >= 15 is 0 Å². The summed E-state index contributed by atoms with van der Waals surface area (Å²) in [5.41, 5.74) is 3.23. The Morgan fingerprint density at radius 1 is 1.11 bits per heavy atom. The molecule has 0 radical (unpaired) electrons. The second-order valence-electron chi connectivity index (χ2n) is 8.85. The van der Waals surface area contributed by atoms with Crippen LogP contribution in [0.5, 0.6) is 0 Å². The summed E-state index contributed by atoms with van der Waals surface area (Å²) in [6.45, 7) is 7.16. The molecule has 4 N–H and O–H groups in total. The van der Waals surface area contributed by atoms with Crippen LogP contribution in [0.2, 0.25) is 0 Å². The highest BCUT2D eigenvalue weighted by Crippen LogP contribution is 2.12. The molecule has 2 amide bonds. The SMILES string of the molecule is CC(C)(O)[C@H](NC(=O)c1ccc(C#CC=Cc2ccc(CN3CCOCC3)cc2)cc1)C(=O)NO. The molecule has 0 aromatic heterocycles. The summed E-state index contributed by atoms with van der Waals surface area (Å²) in [5.74, 6) is 4.53. The van der Waals surface area contributed by atoms with Gasteiger partial charge in [0.1, 0.15) is 6.04 Å². The third-order valence-electron chi connectivity index (χ3n) is 5.57. The van der Waals surface area contributed by atoms with Gasteiger partial charge in [0.2, 0.25) is 0 Å². The third kappa shape index (κ3) is 8.05. The summed E-state index contributed by atoms with van der Waals surface area (Å²) < 4.78 is 5.39. The molecule has 0 aliphatic carbocycles. The molecule has 1 aliphatic heterocycles. The number of allylic oxidation sites excluding steroid dienone is 1. The third-order valence-corrected chi connectivity index (χ3v) is 5.57. The molecule has 2 aromatic carbocycles. The van der Waals surface area contributed by atoms with E-state index in [1.807, 2.05) is 6.08 Å². The van der Waals surface area contributed by atoms with Crippen molar-refractivity contribution in [3.63, 3.8) is 0 Å². The summed E-state index contributed by atoms with van der Waals surface area (Å²) in [7, 11) is 0. The lowest BCUT2D eigenvalue weighted by molar-refractivity contribution is -0.136. The molecule has 0 spiro atoms. The molecule has 1 aliphatic rings. The first-order valence-electron chi connectivity index (χ1n) is 11.4. The topological polar surface area (TPSA) is 111 Å². The van der Waals surface area contributed by atoms with E-state index in [1.54, 1.807) is 30.3 Å². The first-order valence-corrected chi connectivity index (χ1v) is 11.4. The molecule has 1 fully saturated rings. The van der Waals surface area contributed by atoms with Crippen molar-refractivity contribution in [2.45, 2.75) is 32.0 Å². The number of carbonyl (C=O) groups excluding carboxylic acids is 2. The molecule has 0 saturated carbocycles. The molecule has 3 rings (SSSR count). The summed E-state index contributed by atoms with van der Waals surface area (Å²) in [6.07, 6.45) is 3.72. The van der Waals surface area contributed by atoms with Crippen molar-refractivity contribution in [1.82, 2.24) is 15.7 Å². The molecule has 35 heavy (non-hydrogen) atoms. The van der Waals surface area contributed by atoms with Crippen molar-refractivity contribution in [3.8, 4) is 11.8 Å². The molecule has 2 aromatic rings. The Bertz CT molecular complexity index is 1090. The van der Waals surface area contributed by atoms with Crippen molar-refractivity contribution in [3.05, 3.63) is 76.9 Å². The predicted octanol–water partition coefficient (Wildman–Crippen LogP) is 1.96. The quantitative estimate of drug-likeness (QED) is 0.276. The second-order valence-corrected chi connectivity index (χ2v) is 8.85. The predicted molar refractivity (Wildman–Crippen MR) is 132 cm³/mol. The molecule has 0 unspecified atom stereocenters. The molecular weight excluding hydrogens is 446 g/mol. The van der Waals surface area contributed by atoms with Gasteiger partial charge in [0, 0.05) is 30.8 Å². The maximum Gasteiger partial charge on any atom is 0.268 e. The van der Waals surface area contributed by atoms with Gasteiger partial charge in [-0.3, -0.25) is 19.7 Å². The van der Waals surface area contributed by atoms with E-state index in [-0.39, 0.29) is 0 Å². The van der Waals surface area contributed by atoms with Gasteiger partial charge in [-0.15, -0.1) is 0 Å². The van der Waals surface area contributed by atoms with Crippen molar-refractivity contribution in [1.29, 1.82) is 0 Å². The molecule has 1 atom stereocenters. The first kappa shape index (κ1) is 26.1. The summed E-state index contributed by atoms with van der Waals surface area (Å²) in [4.78, 5) is 26.6. The summed E-state index contributed by atoms with van der Waals surface area (Å²) in [6, 6.07) is 13.6. The van der Waals surface area contributed by atoms with Crippen molar-refractivity contribution in [2.24, 2.45) is 0 Å². The van der Waals surface area contributed by atoms with E-state index in [0.29, 0.717) is 5.56 Å². The number of morpholine rings is 1. The van der Waals surface area contributed by atoms with Crippen LogP contribution in [0.4, 0.5) is 0 Å². The van der Waals surface area contributed by atoms with Gasteiger partial charge < -0.3 is 15.2 Å². The zero-order valence-electron chi connectivity index (χ0n) is 20.0. The Balaban J connectivity index is 1.54. The maximum atomic E-state index is 12.4. The highest BCUT2D eigenvalue weighted by molar-refractivity contribution is 5.97. The lowest BCUT2D eigenvalue weighted by atomic mass is 9.97. The van der Waals surface area contributed by atoms with Gasteiger partial charge >= 0.3 is 0 Å². The average molecular weight is 478 g/mol. The fourth-order valence-corrected chi connectivity index (χ4v) is 3.56. The first-order chi connectivity index (χ1) is 16.8. The van der Waals surface area contributed by atoms with Gasteiger partial charge in [0.15, 0.2) is 0 Å². The number of rotatable bonds is 7. The number of carbonyl (C=O) groups is 2. The molecule has 8 heteroatoms. The van der Waals surface area contributed by atoms with Gasteiger partial charge in [0.05, 0.1) is 18.8 Å². The number of hydrogen-bond acceptors (Lipinski definition) is 6. The number of amides is 2. The Kier molecular flexibility index (Phi) is 9.18. The molecule has 8 nitrogen and oxygen atoms in total. The second kappa shape index (κ2) is 12.3. The number of aliphatic hydroxyl groups is 1. The number of nitrogens with zero attached hydrogens (tertiary/aromatic N) is 1. The van der Waals surface area contributed by atoms with Crippen LogP contribution in [-0.2, 0) is 16.1 Å². The van der Waals surface area contributed by atoms with E-state index in [9.17, 15) is 14.7 Å². The van der Waals surface area contributed by atoms with E-state index in [1.165, 1.54) is 24.9 Å². The Morgan fingerprint density at radius 3 is 2.37 bits per heavy atom. The zero-order valence-corrected chi connectivity index (χ0v) is 20.0. The van der Waals surface area contributed by atoms with Crippen LogP contribution >= 0.6 is 0 Å². The average Bonchev–Trinajstić information content (AvgIpc) is 2.86. The normalized spacial score (nSPS) is 15.2. The molecule has 184 valence electrons. The van der Waals surface area contributed by atoms with Gasteiger partial charge in [-0.05, 0) is 61.4 Å². The zero-order chi connectivity index (χ0) is 25.3. The van der Waals surface area contributed by atoms with Gasteiger partial charge in [-0.2, -0.15) is 0 Å². The smallest absolute Gasteiger partial charge is 0.268 e. The monoisotopic (exact) mass is 477 g/mol. The van der Waals surface area contributed by atoms with E-state index in [4.69, 9.17) is 9.94 Å². The molecule has 0 bridgehead atoms. The lowest BCUT2D eigenvalue weighted by Gasteiger charge is -2.28. The highest BCUT2D eigenvalue weighted by atomic mass is 16.5. The number of hydrogen-bond donors (Lipinski definition) is 4. The van der Waals surface area contributed by atoms with E-state index in [2.05, 4.69) is 46.3 Å². The summed E-state index contributed by atoms with van der Waals surface area (Å²) >= 11 is 0. The Labute approximate surface area is 205 Å². The lowest BCUT2D eigenvalue weighted by Crippen LogP contribution is -2.57. The largest absolute Gasteiger partial charge is 0.388 e. The van der Waals surface area contributed by atoms with Crippen LogP contribution < -0.4 is 10.8 Å². The Morgan fingerprint density at radius 2 is 1.77 bits per heavy atom. The number of nitrogens with one attached hydrogen (secondary N) is 2. The standard InChI is InChI=1S/C27H31N3O5/c1-27(2,33)24(26(32)29-34)28-25(31)23-13-11-21(12-14-23)6-4-3-5-20-7-9-22(10-8-20)19-30-15-17-35-18-16-30/h3,5,7-14,24,33-34H,15-19H2,1-2H3,(H,28,31)(H,29,32)/t24-/m1/s1. The molecule has 1 saturated heterocycles. The molecular formula is C27H31N3O5. The van der Waals surface area contributed by atoms with Crippen molar-refractivity contribution >= 4 is 17.9 Å². The highest BCUT2D eigenvalue weighted by Gasteiger charge is 2.34. The van der Waals surface area contributed by atoms with Gasteiger partial charge in [-0.25, -0.2) is 5.48 Å². The van der Waals surface area contributed by atoms with Gasteiger partial charge in [-0.1, -0.05) is 36.1 Å². The fraction of sp³-hybridized carbons (Fsp3) is 0.333. The van der Waals surface area contributed by atoms with Crippen LogP contribution in [0.25, 0.3) is 6.08 Å². The number of hydroxylamine groups is 1. The minimum absolute atomic E-state index is 0.295. The Hall–Kier alpha value is -3.48. The van der Waals surface area contributed by atoms with Gasteiger partial charge in [0.25, 0.3) is 11.8 Å². The number of benzene rings is 2.